The number of rotatable bonds is 1. The molecule has 3 aromatic rings. The molecule has 0 saturated heterocycles. The lowest BCUT2D eigenvalue weighted by Gasteiger charge is -2.00. The summed E-state index contributed by atoms with van der Waals surface area (Å²) in [5.74, 6) is -0.393. The Morgan fingerprint density at radius 1 is 1.21 bits per heavy atom. The molecule has 0 aliphatic heterocycles. The zero-order valence-corrected chi connectivity index (χ0v) is 9.94. The lowest BCUT2D eigenvalue weighted by Crippen LogP contribution is -2.14. The van der Waals surface area contributed by atoms with Crippen LogP contribution in [-0.2, 0) is 0 Å². The molecule has 96 valence electrons. The number of fused-ring (bicyclic) bond motifs is 1. The van der Waals surface area contributed by atoms with Crippen molar-refractivity contribution in [3.8, 4) is 5.69 Å². The molecule has 2 aromatic heterocycles. The second-order valence-electron chi connectivity index (χ2n) is 4.18. The van der Waals surface area contributed by atoms with Gasteiger partial charge in [0.25, 0.3) is 0 Å². The highest BCUT2D eigenvalue weighted by molar-refractivity contribution is 5.75. The van der Waals surface area contributed by atoms with Gasteiger partial charge >= 0.3 is 11.2 Å². The summed E-state index contributed by atoms with van der Waals surface area (Å²) in [5, 5.41) is 2.84. The minimum atomic E-state index is -0.577. The first-order valence-corrected chi connectivity index (χ1v) is 5.58. The minimum Gasteiger partial charge on any atom is -0.415 e. The van der Waals surface area contributed by atoms with Gasteiger partial charge in [0.15, 0.2) is 0 Å². The molecule has 1 N–H and O–H groups in total. The third kappa shape index (κ3) is 1.77. The smallest absolute Gasteiger partial charge is 0.336 e. The average molecular weight is 260 g/mol. The van der Waals surface area contributed by atoms with E-state index in [-0.39, 0.29) is 5.58 Å². The summed E-state index contributed by atoms with van der Waals surface area (Å²) >= 11 is 0. The van der Waals surface area contributed by atoms with Gasteiger partial charge in [-0.1, -0.05) is 0 Å². The van der Waals surface area contributed by atoms with Gasteiger partial charge in [0.2, 0.25) is 5.58 Å². The molecule has 6 heteroatoms. The maximum atomic E-state index is 12.9. The monoisotopic (exact) mass is 260 g/mol. The molecular formula is C13H9FN2O3. The number of nitrogens with zero attached hydrogens (tertiary/aromatic N) is 1. The van der Waals surface area contributed by atoms with Crippen LogP contribution in [0.15, 0.2) is 44.3 Å². The Bertz CT molecular complexity index is 872. The fourth-order valence-corrected chi connectivity index (χ4v) is 1.93. The maximum absolute atomic E-state index is 12.9. The van der Waals surface area contributed by atoms with Crippen LogP contribution < -0.4 is 11.2 Å². The number of aromatic amines is 1. The van der Waals surface area contributed by atoms with Crippen LogP contribution in [0.4, 0.5) is 4.39 Å². The molecule has 0 bridgehead atoms. The normalized spacial score (nSPS) is 11.1. The summed E-state index contributed by atoms with van der Waals surface area (Å²) < 4.78 is 19.0. The molecule has 0 spiro atoms. The van der Waals surface area contributed by atoms with Crippen LogP contribution in [0.1, 0.15) is 5.56 Å². The van der Waals surface area contributed by atoms with E-state index in [0.717, 1.165) is 0 Å². The van der Waals surface area contributed by atoms with Crippen molar-refractivity contribution in [1.29, 1.82) is 0 Å². The van der Waals surface area contributed by atoms with Crippen molar-refractivity contribution < 1.29 is 8.81 Å². The van der Waals surface area contributed by atoms with Gasteiger partial charge in [-0.25, -0.2) is 13.9 Å². The number of aryl methyl sites for hydroxylation is 1. The average Bonchev–Trinajstić information content (AvgIpc) is 2.69. The lowest BCUT2D eigenvalue weighted by atomic mass is 10.3. The van der Waals surface area contributed by atoms with E-state index in [1.54, 1.807) is 6.92 Å². The highest BCUT2D eigenvalue weighted by Crippen LogP contribution is 2.13. The lowest BCUT2D eigenvalue weighted by molar-refractivity contribution is 0.556. The van der Waals surface area contributed by atoms with Gasteiger partial charge in [0.05, 0.1) is 5.69 Å². The van der Waals surface area contributed by atoms with Crippen molar-refractivity contribution in [3.05, 3.63) is 62.5 Å². The first kappa shape index (κ1) is 11.5. The third-order valence-electron chi connectivity index (χ3n) is 2.86. The van der Waals surface area contributed by atoms with Crippen molar-refractivity contribution in [2.45, 2.75) is 6.92 Å². The largest absolute Gasteiger partial charge is 0.415 e. The molecule has 3 rings (SSSR count). The van der Waals surface area contributed by atoms with Crippen LogP contribution in [0.5, 0.6) is 0 Å². The highest BCUT2D eigenvalue weighted by Gasteiger charge is 2.13. The standard InChI is InChI=1S/C13H9FN2O3/c1-7-6-10(17)19-12-11(7)15-16(13(12)18)9-4-2-8(14)3-5-9/h2-6,15H,1H3. The van der Waals surface area contributed by atoms with Gasteiger partial charge in [0, 0.05) is 6.07 Å². The van der Waals surface area contributed by atoms with E-state index in [4.69, 9.17) is 4.42 Å². The second-order valence-corrected chi connectivity index (χ2v) is 4.18. The van der Waals surface area contributed by atoms with Crippen LogP contribution in [-0.4, -0.2) is 9.78 Å². The molecule has 0 aliphatic carbocycles. The Morgan fingerprint density at radius 3 is 2.58 bits per heavy atom. The Morgan fingerprint density at radius 2 is 1.89 bits per heavy atom. The van der Waals surface area contributed by atoms with Gasteiger partial charge in [-0.3, -0.25) is 9.89 Å². The third-order valence-corrected chi connectivity index (χ3v) is 2.86. The molecule has 19 heavy (non-hydrogen) atoms. The SMILES string of the molecule is Cc1cc(=O)oc2c(=O)n(-c3ccc(F)cc3)[nH]c12. The predicted molar refractivity (Wildman–Crippen MR) is 67.1 cm³/mol. The molecule has 0 unspecified atom stereocenters. The van der Waals surface area contributed by atoms with Crippen molar-refractivity contribution in [3.63, 3.8) is 0 Å². The van der Waals surface area contributed by atoms with E-state index >= 15 is 0 Å². The number of hydrogen-bond donors (Lipinski definition) is 1. The Hall–Kier alpha value is -2.63. The maximum Gasteiger partial charge on any atom is 0.336 e. The summed E-state index contributed by atoms with van der Waals surface area (Å²) in [6.45, 7) is 1.70. The molecule has 5 nitrogen and oxygen atoms in total. The Kier molecular flexibility index (Phi) is 2.38. The number of hydrogen-bond acceptors (Lipinski definition) is 3. The fourth-order valence-electron chi connectivity index (χ4n) is 1.93. The van der Waals surface area contributed by atoms with Gasteiger partial charge in [-0.15, -0.1) is 0 Å². The van der Waals surface area contributed by atoms with Gasteiger partial charge in [0.1, 0.15) is 11.3 Å². The number of aromatic nitrogens is 2. The van der Waals surface area contributed by atoms with E-state index in [1.165, 1.54) is 35.0 Å². The van der Waals surface area contributed by atoms with E-state index < -0.39 is 17.0 Å². The van der Waals surface area contributed by atoms with Gasteiger partial charge < -0.3 is 4.42 Å². The van der Waals surface area contributed by atoms with Crippen LogP contribution in [0.2, 0.25) is 0 Å². The van der Waals surface area contributed by atoms with E-state index in [9.17, 15) is 14.0 Å². The topological polar surface area (TPSA) is 68.0 Å². The quantitative estimate of drug-likeness (QED) is 0.724. The van der Waals surface area contributed by atoms with Crippen molar-refractivity contribution in [1.82, 2.24) is 9.78 Å². The summed E-state index contributed by atoms with van der Waals surface area (Å²) in [6.07, 6.45) is 0. The number of halogens is 1. The minimum absolute atomic E-state index is 0.0330. The molecular weight excluding hydrogens is 251 g/mol. The summed E-state index contributed by atoms with van der Waals surface area (Å²) in [4.78, 5) is 23.4. The van der Waals surface area contributed by atoms with Crippen LogP contribution >= 0.6 is 0 Å². The molecule has 0 atom stereocenters. The van der Waals surface area contributed by atoms with E-state index in [2.05, 4.69) is 5.10 Å². The Labute approximate surface area is 105 Å². The zero-order chi connectivity index (χ0) is 13.6. The van der Waals surface area contributed by atoms with Crippen molar-refractivity contribution in [2.24, 2.45) is 0 Å². The molecule has 0 radical (unpaired) electrons. The zero-order valence-electron chi connectivity index (χ0n) is 9.94. The van der Waals surface area contributed by atoms with E-state index in [1.807, 2.05) is 0 Å². The molecule has 0 aliphatic rings. The number of nitrogens with one attached hydrogen (secondary N) is 1. The first-order chi connectivity index (χ1) is 9.06. The first-order valence-electron chi connectivity index (χ1n) is 5.58. The Balaban J connectivity index is 2.34. The highest BCUT2D eigenvalue weighted by atomic mass is 19.1. The van der Waals surface area contributed by atoms with Crippen molar-refractivity contribution in [2.75, 3.05) is 0 Å². The van der Waals surface area contributed by atoms with Gasteiger partial charge in [-0.05, 0) is 36.8 Å². The van der Waals surface area contributed by atoms with Crippen LogP contribution in [0.25, 0.3) is 16.8 Å². The molecule has 2 heterocycles. The van der Waals surface area contributed by atoms with Crippen LogP contribution in [0, 0.1) is 12.7 Å². The molecule has 0 fully saturated rings. The van der Waals surface area contributed by atoms with Crippen molar-refractivity contribution >= 4 is 11.1 Å². The van der Waals surface area contributed by atoms with Gasteiger partial charge in [-0.2, -0.15) is 0 Å². The number of H-pyrrole nitrogens is 1. The molecule has 1 aromatic carbocycles. The predicted octanol–water partition coefficient (Wildman–Crippen LogP) is 1.72. The number of benzene rings is 1. The fraction of sp³-hybridized carbons (Fsp3) is 0.0769. The van der Waals surface area contributed by atoms with Crippen LogP contribution in [0.3, 0.4) is 0 Å². The second kappa shape index (κ2) is 3.94. The summed E-state index contributed by atoms with van der Waals surface area (Å²) in [6, 6.07) is 6.71. The molecule has 0 saturated carbocycles. The van der Waals surface area contributed by atoms with E-state index in [0.29, 0.717) is 16.8 Å². The summed E-state index contributed by atoms with van der Waals surface area (Å²) in [5.41, 5.74) is 0.437. The summed E-state index contributed by atoms with van der Waals surface area (Å²) in [7, 11) is 0. The molecule has 0 amide bonds.